The second kappa shape index (κ2) is 5.35. The third-order valence-electron chi connectivity index (χ3n) is 0.311. The summed E-state index contributed by atoms with van der Waals surface area (Å²) in [5, 5.41) is 0. The minimum atomic E-state index is -1.46. The van der Waals surface area contributed by atoms with E-state index in [1.54, 1.807) is 0 Å². The number of hydrogen-bond acceptors (Lipinski definition) is 7. The van der Waals surface area contributed by atoms with Gasteiger partial charge in [0.25, 0.3) is 0 Å². The summed E-state index contributed by atoms with van der Waals surface area (Å²) in [7, 11) is 0. The first-order chi connectivity index (χ1) is 4.81. The van der Waals surface area contributed by atoms with Gasteiger partial charge in [-0.05, 0) is 0 Å². The molecule has 7 nitrogen and oxygen atoms in total. The van der Waals surface area contributed by atoms with Crippen molar-refractivity contribution in [2.75, 3.05) is 0 Å². The van der Waals surface area contributed by atoms with E-state index in [2.05, 4.69) is 19.6 Å². The van der Waals surface area contributed by atoms with Gasteiger partial charge in [0.2, 0.25) is 0 Å². The van der Waals surface area contributed by atoms with Crippen molar-refractivity contribution in [3.8, 4) is 0 Å². The Morgan fingerprint density at radius 2 is 1.40 bits per heavy atom. The molecule has 0 aromatic rings. The number of hydrogen-bond donors (Lipinski definition) is 0. The predicted molar refractivity (Wildman–Crippen MR) is 21.9 cm³/mol. The third kappa shape index (κ3) is 4.37. The van der Waals surface area contributed by atoms with Gasteiger partial charge in [-0.1, -0.05) is 0 Å². The molecular formula is C3H2O7. The molecule has 0 unspecified atom stereocenters. The van der Waals surface area contributed by atoms with Crippen LogP contribution in [0.2, 0.25) is 0 Å². The lowest BCUT2D eigenvalue weighted by atomic mass is 11.4. The Morgan fingerprint density at radius 3 is 1.70 bits per heavy atom. The van der Waals surface area contributed by atoms with Crippen LogP contribution < -0.4 is 0 Å². The molecule has 0 aromatic carbocycles. The molecule has 0 aliphatic rings. The van der Waals surface area contributed by atoms with Crippen LogP contribution in [0.1, 0.15) is 0 Å². The summed E-state index contributed by atoms with van der Waals surface area (Å²) >= 11 is 0. The van der Waals surface area contributed by atoms with E-state index in [1.165, 1.54) is 0 Å². The second-order valence-corrected chi connectivity index (χ2v) is 0.802. The molecule has 0 heterocycles. The molecule has 0 N–H and O–H groups in total. The normalized spacial score (nSPS) is 7.20. The van der Waals surface area contributed by atoms with Gasteiger partial charge in [0.05, 0.1) is 0 Å². The summed E-state index contributed by atoms with van der Waals surface area (Å²) in [6.45, 7) is -0.301. The van der Waals surface area contributed by atoms with Crippen molar-refractivity contribution in [3.63, 3.8) is 0 Å². The first kappa shape index (κ1) is 8.21. The van der Waals surface area contributed by atoms with Gasteiger partial charge in [-0.15, -0.1) is 0 Å². The van der Waals surface area contributed by atoms with Crippen LogP contribution in [-0.2, 0) is 29.1 Å². The average molecular weight is 150 g/mol. The van der Waals surface area contributed by atoms with Crippen LogP contribution >= 0.6 is 0 Å². The molecule has 0 saturated carbocycles. The Hall–Kier alpha value is -1.79. The fourth-order valence-corrected chi connectivity index (χ4v) is 0.132. The van der Waals surface area contributed by atoms with Gasteiger partial charge >= 0.3 is 19.1 Å². The van der Waals surface area contributed by atoms with Crippen molar-refractivity contribution in [1.82, 2.24) is 0 Å². The van der Waals surface area contributed by atoms with Crippen LogP contribution in [0.5, 0.6) is 0 Å². The smallest absolute Gasteiger partial charge is 0.251 e. The highest BCUT2D eigenvalue weighted by atomic mass is 17.3. The van der Waals surface area contributed by atoms with Crippen LogP contribution in [0, 0.1) is 0 Å². The molecule has 0 rings (SSSR count). The van der Waals surface area contributed by atoms with Gasteiger partial charge in [-0.2, -0.15) is 4.79 Å². The van der Waals surface area contributed by atoms with Crippen LogP contribution in [0.25, 0.3) is 0 Å². The molecule has 0 spiro atoms. The molecule has 0 amide bonds. The van der Waals surface area contributed by atoms with Gasteiger partial charge in [-0.25, -0.2) is 19.6 Å². The lowest BCUT2D eigenvalue weighted by molar-refractivity contribution is -0.280. The van der Waals surface area contributed by atoms with Crippen molar-refractivity contribution in [2.24, 2.45) is 0 Å². The molecule has 56 valence electrons. The van der Waals surface area contributed by atoms with E-state index < -0.39 is 6.16 Å². The highest BCUT2D eigenvalue weighted by molar-refractivity contribution is 5.59. The molecule has 0 aromatic heterocycles. The molecule has 0 atom stereocenters. The predicted octanol–water partition coefficient (Wildman–Crippen LogP) is -0.684. The first-order valence-electron chi connectivity index (χ1n) is 1.89. The van der Waals surface area contributed by atoms with Gasteiger partial charge in [0.15, 0.2) is 0 Å². The summed E-state index contributed by atoms with van der Waals surface area (Å²) in [5.74, 6) is 0. The van der Waals surface area contributed by atoms with Crippen molar-refractivity contribution >= 4 is 19.1 Å². The zero-order valence-corrected chi connectivity index (χ0v) is 4.51. The van der Waals surface area contributed by atoms with Crippen molar-refractivity contribution < 1.29 is 33.9 Å². The minimum Gasteiger partial charge on any atom is -0.251 e. The summed E-state index contributed by atoms with van der Waals surface area (Å²) in [5.41, 5.74) is 0. The van der Waals surface area contributed by atoms with Crippen LogP contribution in [0.4, 0.5) is 4.79 Å². The molecule has 0 radical (unpaired) electrons. The molecular weight excluding hydrogens is 148 g/mol. The highest BCUT2D eigenvalue weighted by Gasteiger charge is 2.05. The molecule has 0 saturated heterocycles. The lowest BCUT2D eigenvalue weighted by Gasteiger charge is -1.94. The fraction of sp³-hybridized carbons (Fsp3) is 0. The molecule has 7 heteroatoms. The lowest BCUT2D eigenvalue weighted by Crippen LogP contribution is -2.07. The van der Waals surface area contributed by atoms with Crippen molar-refractivity contribution in [3.05, 3.63) is 0 Å². The molecule has 0 bridgehead atoms. The van der Waals surface area contributed by atoms with E-state index in [0.29, 0.717) is 0 Å². The third-order valence-corrected chi connectivity index (χ3v) is 0.311. The Balaban J connectivity index is 3.24. The molecule has 0 fully saturated rings. The zero-order valence-electron chi connectivity index (χ0n) is 4.51. The maximum atomic E-state index is 9.95. The monoisotopic (exact) mass is 150 g/mol. The Bertz CT molecular complexity index is 115. The maximum absolute atomic E-state index is 9.95. The van der Waals surface area contributed by atoms with E-state index in [0.717, 1.165) is 0 Å². The van der Waals surface area contributed by atoms with E-state index in [1.807, 2.05) is 0 Å². The highest BCUT2D eigenvalue weighted by Crippen LogP contribution is 1.83. The summed E-state index contributed by atoms with van der Waals surface area (Å²) in [4.78, 5) is 42.4. The fourth-order valence-electron chi connectivity index (χ4n) is 0.132. The van der Waals surface area contributed by atoms with Gasteiger partial charge < -0.3 is 0 Å². The van der Waals surface area contributed by atoms with E-state index >= 15 is 0 Å². The quantitative estimate of drug-likeness (QED) is 0.298. The maximum Gasteiger partial charge on any atom is 0.591 e. The second-order valence-electron chi connectivity index (χ2n) is 0.802. The van der Waals surface area contributed by atoms with Crippen LogP contribution in [0.15, 0.2) is 0 Å². The molecule has 0 aliphatic heterocycles. The van der Waals surface area contributed by atoms with Gasteiger partial charge in [-0.3, -0.25) is 9.59 Å². The number of carbonyl (C=O) groups excluding carboxylic acids is 3. The van der Waals surface area contributed by atoms with E-state index in [4.69, 9.17) is 0 Å². The zero-order chi connectivity index (χ0) is 7.82. The molecule has 0 aliphatic carbocycles. The Morgan fingerprint density at radius 1 is 1.00 bits per heavy atom. The minimum absolute atomic E-state index is 0.151. The van der Waals surface area contributed by atoms with Crippen molar-refractivity contribution in [1.29, 1.82) is 0 Å². The number of carbonyl (C=O) groups is 3. The van der Waals surface area contributed by atoms with Crippen molar-refractivity contribution in [2.45, 2.75) is 0 Å². The van der Waals surface area contributed by atoms with Crippen LogP contribution in [0.3, 0.4) is 0 Å². The van der Waals surface area contributed by atoms with E-state index in [9.17, 15) is 14.4 Å². The standard InChI is InChI=1S/C3H2O7/c4-1-7-9-3(6)10-8-2-5/h1-2H. The Labute approximate surface area is 54.3 Å². The largest absolute Gasteiger partial charge is 0.591 e. The van der Waals surface area contributed by atoms with Gasteiger partial charge in [0, 0.05) is 0 Å². The average Bonchev–Trinajstić information content (AvgIpc) is 1.97. The first-order valence-corrected chi connectivity index (χ1v) is 1.89. The summed E-state index contributed by atoms with van der Waals surface area (Å²) in [6, 6.07) is 0. The van der Waals surface area contributed by atoms with E-state index in [-0.39, 0.29) is 12.9 Å². The topological polar surface area (TPSA) is 88.1 Å². The summed E-state index contributed by atoms with van der Waals surface area (Å²) < 4.78 is 0. The molecule has 10 heavy (non-hydrogen) atoms. The number of rotatable bonds is 4. The summed E-state index contributed by atoms with van der Waals surface area (Å²) in [6.07, 6.45) is -1.46. The SMILES string of the molecule is O=COOC(=O)OOC=O. The van der Waals surface area contributed by atoms with Gasteiger partial charge in [0.1, 0.15) is 0 Å². The Kier molecular flexibility index (Phi) is 4.39. The van der Waals surface area contributed by atoms with Crippen LogP contribution in [-0.4, -0.2) is 19.1 Å².